The lowest BCUT2D eigenvalue weighted by molar-refractivity contribution is -0.143. The Kier molecular flexibility index (Phi) is 7.52. The van der Waals surface area contributed by atoms with E-state index < -0.39 is 0 Å². The second-order valence-corrected chi connectivity index (χ2v) is 5.64. The first-order valence-corrected chi connectivity index (χ1v) is 7.63. The van der Waals surface area contributed by atoms with Crippen molar-refractivity contribution in [1.29, 1.82) is 0 Å². The van der Waals surface area contributed by atoms with Gasteiger partial charge in [-0.3, -0.25) is 0 Å². The number of unbranched alkanes of at least 4 members (excludes halogenated alkanes) is 1. The molecule has 0 amide bonds. The maximum atomic E-state index is 11.6. The van der Waals surface area contributed by atoms with Crippen LogP contribution in [0.3, 0.4) is 0 Å². The molecule has 1 atom stereocenters. The van der Waals surface area contributed by atoms with Crippen molar-refractivity contribution in [2.45, 2.75) is 45.6 Å². The van der Waals surface area contributed by atoms with Gasteiger partial charge in [0.1, 0.15) is 6.10 Å². The van der Waals surface area contributed by atoms with E-state index in [1.54, 1.807) is 6.08 Å². The number of rotatable bonds is 9. The highest BCUT2D eigenvalue weighted by atomic mass is 16.5. The van der Waals surface area contributed by atoms with E-state index in [9.17, 15) is 4.79 Å². The van der Waals surface area contributed by atoms with Crippen LogP contribution in [0, 0.1) is 5.92 Å². The first-order valence-electron chi connectivity index (χ1n) is 7.63. The molecule has 0 spiro atoms. The summed E-state index contributed by atoms with van der Waals surface area (Å²) in [5.74, 6) is 0.336. The summed E-state index contributed by atoms with van der Waals surface area (Å²) in [5, 5.41) is 0. The Labute approximate surface area is 128 Å². The van der Waals surface area contributed by atoms with Gasteiger partial charge in [0.15, 0.2) is 0 Å². The van der Waals surface area contributed by atoms with Gasteiger partial charge in [-0.25, -0.2) is 4.79 Å². The minimum Gasteiger partial charge on any atom is -0.454 e. The van der Waals surface area contributed by atoms with Gasteiger partial charge in [-0.2, -0.15) is 0 Å². The van der Waals surface area contributed by atoms with E-state index in [2.05, 4.69) is 27.0 Å². The van der Waals surface area contributed by atoms with E-state index >= 15 is 0 Å². The van der Waals surface area contributed by atoms with Gasteiger partial charge in [0, 0.05) is 6.08 Å². The minimum atomic E-state index is -0.372. The van der Waals surface area contributed by atoms with Gasteiger partial charge in [0.25, 0.3) is 0 Å². The second kappa shape index (κ2) is 9.17. The van der Waals surface area contributed by atoms with Crippen LogP contribution >= 0.6 is 0 Å². The number of hydrogen-bond acceptors (Lipinski definition) is 2. The molecule has 1 aromatic rings. The lowest BCUT2D eigenvalue weighted by Crippen LogP contribution is -2.10. The number of carbonyl (C=O) groups is 1. The van der Waals surface area contributed by atoms with E-state index in [0.717, 1.165) is 30.4 Å². The molecule has 0 fully saturated rings. The van der Waals surface area contributed by atoms with Crippen LogP contribution in [0.25, 0.3) is 6.08 Å². The SMILES string of the molecule is C=CC(=O)OC(CCCCC(C)C)c1ccccc1C=C. The molecule has 0 aliphatic heterocycles. The van der Waals surface area contributed by atoms with Crippen LogP contribution in [-0.4, -0.2) is 5.97 Å². The molecule has 1 aromatic carbocycles. The number of esters is 1. The first-order chi connectivity index (χ1) is 10.1. The number of ether oxygens (including phenoxy) is 1. The minimum absolute atomic E-state index is 0.225. The molecule has 2 nitrogen and oxygen atoms in total. The van der Waals surface area contributed by atoms with Gasteiger partial charge in [0.2, 0.25) is 0 Å². The molecule has 0 saturated heterocycles. The van der Waals surface area contributed by atoms with E-state index in [1.165, 1.54) is 12.5 Å². The summed E-state index contributed by atoms with van der Waals surface area (Å²) in [5.41, 5.74) is 2.04. The fourth-order valence-corrected chi connectivity index (χ4v) is 2.34. The fraction of sp³-hybridized carbons (Fsp3) is 0.421. The summed E-state index contributed by atoms with van der Waals surface area (Å²) in [6.45, 7) is 11.8. The van der Waals surface area contributed by atoms with Crippen LogP contribution in [0.4, 0.5) is 0 Å². The summed E-state index contributed by atoms with van der Waals surface area (Å²) >= 11 is 0. The Balaban J connectivity index is 2.78. The highest BCUT2D eigenvalue weighted by molar-refractivity contribution is 5.81. The van der Waals surface area contributed by atoms with Crippen LogP contribution in [0.5, 0.6) is 0 Å². The smallest absolute Gasteiger partial charge is 0.330 e. The molecule has 0 radical (unpaired) electrons. The Morgan fingerprint density at radius 3 is 2.48 bits per heavy atom. The van der Waals surface area contributed by atoms with E-state index in [4.69, 9.17) is 4.74 Å². The van der Waals surface area contributed by atoms with Crippen LogP contribution in [-0.2, 0) is 9.53 Å². The molecule has 114 valence electrons. The predicted octanol–water partition coefficient (Wildman–Crippen LogP) is 5.32. The van der Waals surface area contributed by atoms with Crippen molar-refractivity contribution in [2.24, 2.45) is 5.92 Å². The van der Waals surface area contributed by atoms with E-state index in [0.29, 0.717) is 5.92 Å². The number of benzene rings is 1. The fourth-order valence-electron chi connectivity index (χ4n) is 2.34. The van der Waals surface area contributed by atoms with Crippen LogP contribution in [0.15, 0.2) is 43.5 Å². The van der Waals surface area contributed by atoms with Gasteiger partial charge in [-0.05, 0) is 29.9 Å². The van der Waals surface area contributed by atoms with Crippen molar-refractivity contribution in [1.82, 2.24) is 0 Å². The van der Waals surface area contributed by atoms with E-state index in [-0.39, 0.29) is 12.1 Å². The normalized spacial score (nSPS) is 12.0. The standard InChI is InChI=1S/C19H26O2/c1-5-16-12-8-9-13-17(16)18(21-19(20)6-2)14-10-7-11-15(3)4/h5-6,8-9,12-13,15,18H,1-2,7,10-11,14H2,3-4H3. The molecule has 0 heterocycles. The van der Waals surface area contributed by atoms with Crippen LogP contribution < -0.4 is 0 Å². The molecule has 2 heteroatoms. The largest absolute Gasteiger partial charge is 0.454 e. The Hall–Kier alpha value is -1.83. The van der Waals surface area contributed by atoms with Crippen molar-refractivity contribution in [3.63, 3.8) is 0 Å². The van der Waals surface area contributed by atoms with Gasteiger partial charge >= 0.3 is 5.97 Å². The zero-order valence-corrected chi connectivity index (χ0v) is 13.2. The highest BCUT2D eigenvalue weighted by Gasteiger charge is 2.17. The molecule has 1 unspecified atom stereocenters. The molecule has 0 aliphatic rings. The van der Waals surface area contributed by atoms with Gasteiger partial charge in [-0.15, -0.1) is 0 Å². The van der Waals surface area contributed by atoms with Crippen molar-refractivity contribution >= 4 is 12.0 Å². The summed E-state index contributed by atoms with van der Waals surface area (Å²) in [6.07, 6.45) is 7.02. The second-order valence-electron chi connectivity index (χ2n) is 5.64. The maximum Gasteiger partial charge on any atom is 0.330 e. The summed E-state index contributed by atoms with van der Waals surface area (Å²) in [6, 6.07) is 7.92. The lowest BCUT2D eigenvalue weighted by atomic mass is 9.96. The monoisotopic (exact) mass is 286 g/mol. The average Bonchev–Trinajstić information content (AvgIpc) is 2.49. The van der Waals surface area contributed by atoms with Crippen LogP contribution in [0.2, 0.25) is 0 Å². The molecule has 21 heavy (non-hydrogen) atoms. The van der Waals surface area contributed by atoms with Gasteiger partial charge in [-0.1, -0.05) is 70.2 Å². The highest BCUT2D eigenvalue weighted by Crippen LogP contribution is 2.28. The first kappa shape index (κ1) is 17.2. The molecular weight excluding hydrogens is 260 g/mol. The molecule has 1 rings (SSSR count). The van der Waals surface area contributed by atoms with Gasteiger partial charge < -0.3 is 4.74 Å². The van der Waals surface area contributed by atoms with Gasteiger partial charge in [0.05, 0.1) is 0 Å². The lowest BCUT2D eigenvalue weighted by Gasteiger charge is -2.19. The third-order valence-corrected chi connectivity index (χ3v) is 3.49. The topological polar surface area (TPSA) is 26.3 Å². The Bertz CT molecular complexity index is 474. The molecule has 0 aliphatic carbocycles. The van der Waals surface area contributed by atoms with E-state index in [1.807, 2.05) is 24.3 Å². The quantitative estimate of drug-likeness (QED) is 0.349. The van der Waals surface area contributed by atoms with Crippen molar-refractivity contribution < 1.29 is 9.53 Å². The maximum absolute atomic E-state index is 11.6. The van der Waals surface area contributed by atoms with Crippen molar-refractivity contribution in [3.8, 4) is 0 Å². The average molecular weight is 286 g/mol. The Morgan fingerprint density at radius 1 is 1.19 bits per heavy atom. The molecule has 0 saturated carbocycles. The van der Waals surface area contributed by atoms with Crippen molar-refractivity contribution in [3.05, 3.63) is 54.6 Å². The zero-order valence-electron chi connectivity index (χ0n) is 13.2. The zero-order chi connectivity index (χ0) is 15.7. The molecule has 0 N–H and O–H groups in total. The summed E-state index contributed by atoms with van der Waals surface area (Å²) in [7, 11) is 0. The number of carbonyl (C=O) groups excluding carboxylic acids is 1. The van der Waals surface area contributed by atoms with Crippen molar-refractivity contribution in [2.75, 3.05) is 0 Å². The Morgan fingerprint density at radius 2 is 1.86 bits per heavy atom. The third-order valence-electron chi connectivity index (χ3n) is 3.49. The predicted molar refractivity (Wildman–Crippen MR) is 88.9 cm³/mol. The summed E-state index contributed by atoms with van der Waals surface area (Å²) < 4.78 is 5.53. The molecule has 0 aromatic heterocycles. The van der Waals surface area contributed by atoms with Crippen LogP contribution in [0.1, 0.15) is 56.8 Å². The molecule has 0 bridgehead atoms. The third kappa shape index (κ3) is 5.99. The number of hydrogen-bond donors (Lipinski definition) is 0. The molecular formula is C19H26O2. The summed E-state index contributed by atoms with van der Waals surface area (Å²) in [4.78, 5) is 11.6.